The number of nitroso groups, excluding NO2 is 1. The lowest BCUT2D eigenvalue weighted by atomic mass is 9.85. The molecule has 1 aliphatic rings. The van der Waals surface area contributed by atoms with Gasteiger partial charge in [0.25, 0.3) is 5.91 Å². The van der Waals surface area contributed by atoms with Crippen LogP contribution < -0.4 is 10.1 Å². The van der Waals surface area contributed by atoms with E-state index in [0.717, 1.165) is 0 Å². The summed E-state index contributed by atoms with van der Waals surface area (Å²) in [5, 5.41) is 8.99. The standard InChI is InChI=1S/C17H11Cl2N5O4/c18-11-5-6-12(19)15-14(11)17(23-27,16(26)22-15)7-13(25)9-1-3-10(4-2-9)28-8-21-24-20/h1-6H,7-8H2,(H,22,26). The summed E-state index contributed by atoms with van der Waals surface area (Å²) >= 11 is 12.2. The zero-order valence-corrected chi connectivity index (χ0v) is 15.6. The molecule has 142 valence electrons. The number of hydrogen-bond acceptors (Lipinski definition) is 6. The molecule has 1 heterocycles. The van der Waals surface area contributed by atoms with Crippen molar-refractivity contribution in [2.24, 2.45) is 10.3 Å². The number of carbonyl (C=O) groups is 2. The minimum absolute atomic E-state index is 0.0873. The first-order valence-electron chi connectivity index (χ1n) is 7.84. The van der Waals surface area contributed by atoms with Crippen LogP contribution in [0.15, 0.2) is 46.7 Å². The number of rotatable bonds is 7. The molecule has 0 saturated heterocycles. The topological polar surface area (TPSA) is 134 Å². The number of azide groups is 1. The van der Waals surface area contributed by atoms with E-state index in [1.54, 1.807) is 0 Å². The van der Waals surface area contributed by atoms with Gasteiger partial charge in [0.15, 0.2) is 12.5 Å². The van der Waals surface area contributed by atoms with Crippen molar-refractivity contribution in [3.05, 3.63) is 72.9 Å². The number of benzene rings is 2. The van der Waals surface area contributed by atoms with Gasteiger partial charge in [-0.2, -0.15) is 0 Å². The lowest BCUT2D eigenvalue weighted by Gasteiger charge is -2.19. The molecule has 11 heteroatoms. The lowest BCUT2D eigenvalue weighted by Crippen LogP contribution is -2.34. The molecule has 9 nitrogen and oxygen atoms in total. The molecule has 1 amide bonds. The van der Waals surface area contributed by atoms with Gasteiger partial charge in [-0.1, -0.05) is 28.3 Å². The van der Waals surface area contributed by atoms with Crippen LogP contribution in [-0.2, 0) is 10.3 Å². The molecular formula is C17H11Cl2N5O4. The molecule has 1 aliphatic heterocycles. The Hall–Kier alpha value is -3.13. The maximum atomic E-state index is 12.7. The van der Waals surface area contributed by atoms with E-state index in [1.807, 2.05) is 0 Å². The van der Waals surface area contributed by atoms with Crippen molar-refractivity contribution in [3.8, 4) is 5.75 Å². The molecule has 0 aliphatic carbocycles. The van der Waals surface area contributed by atoms with Crippen molar-refractivity contribution in [1.29, 1.82) is 0 Å². The van der Waals surface area contributed by atoms with Crippen molar-refractivity contribution in [2.45, 2.75) is 12.0 Å². The zero-order chi connectivity index (χ0) is 20.3. The van der Waals surface area contributed by atoms with E-state index < -0.39 is 23.7 Å². The molecule has 1 atom stereocenters. The summed E-state index contributed by atoms with van der Waals surface area (Å²) in [6.45, 7) is -0.196. The maximum Gasteiger partial charge on any atom is 0.261 e. The first kappa shape index (κ1) is 19.6. The van der Waals surface area contributed by atoms with Gasteiger partial charge in [-0.3, -0.25) is 9.59 Å². The monoisotopic (exact) mass is 419 g/mol. The first-order chi connectivity index (χ1) is 13.4. The quantitative estimate of drug-likeness (QED) is 0.226. The van der Waals surface area contributed by atoms with Crippen molar-refractivity contribution < 1.29 is 14.3 Å². The molecule has 1 N–H and O–H groups in total. The average molecular weight is 420 g/mol. The summed E-state index contributed by atoms with van der Waals surface area (Å²) in [5.74, 6) is -0.888. The van der Waals surface area contributed by atoms with Gasteiger partial charge >= 0.3 is 0 Å². The van der Waals surface area contributed by atoms with Gasteiger partial charge in [0.1, 0.15) is 5.75 Å². The Kier molecular flexibility index (Phi) is 5.51. The maximum absolute atomic E-state index is 12.7. The third-order valence-electron chi connectivity index (χ3n) is 4.23. The molecule has 1 unspecified atom stereocenters. The number of amides is 1. The Balaban J connectivity index is 1.89. The van der Waals surface area contributed by atoms with Gasteiger partial charge in [-0.05, 0) is 47.1 Å². The second-order valence-electron chi connectivity index (χ2n) is 5.81. The van der Waals surface area contributed by atoms with Crippen LogP contribution in [0.5, 0.6) is 5.75 Å². The second kappa shape index (κ2) is 7.85. The van der Waals surface area contributed by atoms with E-state index in [-0.39, 0.29) is 33.6 Å². The van der Waals surface area contributed by atoms with Crippen molar-refractivity contribution in [2.75, 3.05) is 12.0 Å². The van der Waals surface area contributed by atoms with E-state index in [1.165, 1.54) is 36.4 Å². The number of ketones is 1. The number of anilines is 1. The van der Waals surface area contributed by atoms with E-state index in [0.29, 0.717) is 5.75 Å². The smallest absolute Gasteiger partial charge is 0.261 e. The average Bonchev–Trinajstić information content (AvgIpc) is 2.99. The molecule has 2 aromatic rings. The van der Waals surface area contributed by atoms with Crippen LogP contribution in [0.25, 0.3) is 10.4 Å². The number of nitrogens with zero attached hydrogens (tertiary/aromatic N) is 4. The van der Waals surface area contributed by atoms with E-state index in [2.05, 4.69) is 20.5 Å². The summed E-state index contributed by atoms with van der Waals surface area (Å²) in [5.41, 5.74) is 6.71. The van der Waals surface area contributed by atoms with Crippen LogP contribution in [0.1, 0.15) is 22.3 Å². The molecule has 0 spiro atoms. The molecular weight excluding hydrogens is 409 g/mol. The van der Waals surface area contributed by atoms with Gasteiger partial charge in [-0.25, -0.2) is 0 Å². The third-order valence-corrected chi connectivity index (χ3v) is 4.86. The predicted octanol–water partition coefficient (Wildman–Crippen LogP) is 4.83. The van der Waals surface area contributed by atoms with Crippen LogP contribution in [0.4, 0.5) is 5.69 Å². The van der Waals surface area contributed by atoms with Gasteiger partial charge in [0.2, 0.25) is 5.54 Å². The number of hydrogen-bond donors (Lipinski definition) is 1. The number of fused-ring (bicyclic) bond motifs is 1. The number of carbonyl (C=O) groups excluding carboxylic acids is 2. The highest BCUT2D eigenvalue weighted by atomic mass is 35.5. The molecule has 0 aromatic heterocycles. The fourth-order valence-corrected chi connectivity index (χ4v) is 3.42. The summed E-state index contributed by atoms with van der Waals surface area (Å²) in [6.07, 6.45) is -0.520. The summed E-state index contributed by atoms with van der Waals surface area (Å²) < 4.78 is 5.15. The van der Waals surface area contributed by atoms with E-state index in [4.69, 9.17) is 33.5 Å². The summed E-state index contributed by atoms with van der Waals surface area (Å²) in [6, 6.07) is 8.81. The number of nitrogens with one attached hydrogen (secondary N) is 1. The molecule has 0 bridgehead atoms. The molecule has 0 saturated carbocycles. The highest BCUT2D eigenvalue weighted by Gasteiger charge is 2.52. The van der Waals surface area contributed by atoms with Crippen molar-refractivity contribution >= 4 is 40.6 Å². The van der Waals surface area contributed by atoms with Gasteiger partial charge < -0.3 is 10.1 Å². The Morgan fingerprint density at radius 1 is 1.18 bits per heavy atom. The second-order valence-corrected chi connectivity index (χ2v) is 6.63. The first-order valence-corrected chi connectivity index (χ1v) is 8.60. The van der Waals surface area contributed by atoms with Gasteiger partial charge in [0, 0.05) is 21.1 Å². The predicted molar refractivity (Wildman–Crippen MR) is 103 cm³/mol. The van der Waals surface area contributed by atoms with E-state index >= 15 is 0 Å². The minimum atomic E-state index is -2.01. The van der Waals surface area contributed by atoms with Crippen LogP contribution in [0.3, 0.4) is 0 Å². The van der Waals surface area contributed by atoms with Gasteiger partial charge in [-0.15, -0.1) is 4.91 Å². The lowest BCUT2D eigenvalue weighted by molar-refractivity contribution is -0.120. The number of ether oxygens (including phenoxy) is 1. The molecule has 3 rings (SSSR count). The molecule has 0 fully saturated rings. The fraction of sp³-hybridized carbons (Fsp3) is 0.176. The normalized spacial score (nSPS) is 17.3. The number of halogens is 2. The highest BCUT2D eigenvalue weighted by Crippen LogP contribution is 2.48. The third kappa shape index (κ3) is 3.38. The SMILES string of the molecule is [N-]=[N+]=NCOc1ccc(C(=O)CC2(N=O)C(=O)Nc3c(Cl)ccc(Cl)c32)cc1. The highest BCUT2D eigenvalue weighted by molar-refractivity contribution is 6.38. The van der Waals surface area contributed by atoms with Gasteiger partial charge in [0.05, 0.1) is 17.1 Å². The Morgan fingerprint density at radius 2 is 1.86 bits per heavy atom. The molecule has 0 radical (unpaired) electrons. The Morgan fingerprint density at radius 3 is 2.50 bits per heavy atom. The Labute approximate surface area is 168 Å². The van der Waals surface area contributed by atoms with Crippen molar-refractivity contribution in [1.82, 2.24) is 0 Å². The van der Waals surface area contributed by atoms with Crippen molar-refractivity contribution in [3.63, 3.8) is 0 Å². The molecule has 2 aromatic carbocycles. The largest absolute Gasteiger partial charge is 0.488 e. The van der Waals surface area contributed by atoms with Crippen LogP contribution in [-0.4, -0.2) is 18.4 Å². The van der Waals surface area contributed by atoms with Crippen LogP contribution >= 0.6 is 23.2 Å². The minimum Gasteiger partial charge on any atom is -0.488 e. The van der Waals surface area contributed by atoms with Crippen LogP contribution in [0, 0.1) is 4.91 Å². The van der Waals surface area contributed by atoms with Crippen LogP contribution in [0.2, 0.25) is 10.0 Å². The van der Waals surface area contributed by atoms with E-state index in [9.17, 15) is 14.5 Å². The summed E-state index contributed by atoms with van der Waals surface area (Å²) in [4.78, 5) is 39.5. The zero-order valence-electron chi connectivity index (χ0n) is 14.1. The fourth-order valence-electron chi connectivity index (χ4n) is 2.90. The Bertz CT molecular complexity index is 1020. The number of Topliss-reactive ketones (excluding diaryl/α,β-unsaturated/α-hetero) is 1. The summed E-state index contributed by atoms with van der Waals surface area (Å²) in [7, 11) is 0. The molecule has 28 heavy (non-hydrogen) atoms.